The maximum atomic E-state index is 13.9. The van der Waals surface area contributed by atoms with Gasteiger partial charge in [-0.1, -0.05) is 13.0 Å². The van der Waals surface area contributed by atoms with Gasteiger partial charge in [0.2, 0.25) is 5.91 Å². The SMILES string of the molecule is C/C=C1/c2cc3scc(Br)c3n2C(=O)C2SCC(O)n3c(cc4scc(Br)c43)C(C)CC12. The van der Waals surface area contributed by atoms with Gasteiger partial charge in [0.15, 0.2) is 0 Å². The Morgan fingerprint density at radius 3 is 2.53 bits per heavy atom. The average molecular weight is 612 g/mol. The number of aliphatic hydroxyl groups excluding tert-OH is 1. The van der Waals surface area contributed by atoms with Crippen LogP contribution in [0.15, 0.2) is 37.9 Å². The van der Waals surface area contributed by atoms with Gasteiger partial charge in [0.05, 0.1) is 40.3 Å². The molecule has 6 rings (SSSR count). The van der Waals surface area contributed by atoms with Crippen LogP contribution in [0.1, 0.15) is 48.6 Å². The number of allylic oxidation sites excluding steroid dienone is 2. The second-order valence-corrected chi connectivity index (χ2v) is 13.2. The molecule has 32 heavy (non-hydrogen) atoms. The van der Waals surface area contributed by atoms with Crippen LogP contribution >= 0.6 is 66.3 Å². The van der Waals surface area contributed by atoms with E-state index in [1.807, 2.05) is 9.95 Å². The Balaban J connectivity index is 1.51. The van der Waals surface area contributed by atoms with E-state index in [0.29, 0.717) is 5.75 Å². The fourth-order valence-electron chi connectivity index (χ4n) is 5.35. The van der Waals surface area contributed by atoms with Crippen LogP contribution in [0.4, 0.5) is 0 Å². The first-order chi connectivity index (χ1) is 15.4. The van der Waals surface area contributed by atoms with Gasteiger partial charge in [0.1, 0.15) is 6.23 Å². The standard InChI is InChI=1S/C23H20Br2N2O2S3/c1-3-11-12-4-10(2)15-5-17-20(13(24)7-30-17)26(15)19(28)9-32-22(12)23(29)27-16(11)6-18-21(27)14(25)8-31-18/h3,5-8,10,12,19,22,28H,4,9H2,1-2H3/b11-3+. The van der Waals surface area contributed by atoms with Crippen molar-refractivity contribution >= 4 is 98.2 Å². The first-order valence-electron chi connectivity index (χ1n) is 10.5. The number of hydrogen-bond donors (Lipinski definition) is 1. The summed E-state index contributed by atoms with van der Waals surface area (Å²) >= 11 is 12.3. The molecule has 4 atom stereocenters. The largest absolute Gasteiger partial charge is 0.372 e. The third-order valence-corrected chi connectivity index (χ3v) is 11.7. The quantitative estimate of drug-likeness (QED) is 0.221. The van der Waals surface area contributed by atoms with E-state index in [9.17, 15) is 9.90 Å². The molecule has 0 spiro atoms. The van der Waals surface area contributed by atoms with Crippen LogP contribution in [0.5, 0.6) is 0 Å². The zero-order chi connectivity index (χ0) is 22.3. The van der Waals surface area contributed by atoms with Crippen LogP contribution in [-0.4, -0.2) is 31.2 Å². The molecule has 166 valence electrons. The zero-order valence-electron chi connectivity index (χ0n) is 17.3. The molecule has 0 saturated carbocycles. The number of aromatic nitrogens is 2. The Hall–Kier alpha value is -0.840. The summed E-state index contributed by atoms with van der Waals surface area (Å²) in [5.74, 6) is 0.917. The number of carbonyl (C=O) groups is 1. The molecular weight excluding hydrogens is 592 g/mol. The van der Waals surface area contributed by atoms with Gasteiger partial charge in [0, 0.05) is 28.1 Å². The fourth-order valence-corrected chi connectivity index (χ4v) is 9.92. The predicted molar refractivity (Wildman–Crippen MR) is 143 cm³/mol. The zero-order valence-corrected chi connectivity index (χ0v) is 23.0. The van der Waals surface area contributed by atoms with Crippen molar-refractivity contribution < 1.29 is 9.90 Å². The molecule has 4 aromatic rings. The van der Waals surface area contributed by atoms with Gasteiger partial charge in [0.25, 0.3) is 0 Å². The predicted octanol–water partition coefficient (Wildman–Crippen LogP) is 7.72. The highest BCUT2D eigenvalue weighted by molar-refractivity contribution is 9.11. The highest BCUT2D eigenvalue weighted by atomic mass is 79.9. The maximum Gasteiger partial charge on any atom is 0.245 e. The van der Waals surface area contributed by atoms with Gasteiger partial charge in [-0.2, -0.15) is 0 Å². The normalized spacial score (nSPS) is 27.3. The number of hydrogen-bond acceptors (Lipinski definition) is 5. The highest BCUT2D eigenvalue weighted by Gasteiger charge is 2.43. The van der Waals surface area contributed by atoms with Crippen molar-refractivity contribution in [2.75, 3.05) is 5.75 Å². The molecule has 4 aromatic heterocycles. The topological polar surface area (TPSA) is 47.2 Å². The van der Waals surface area contributed by atoms with E-state index in [2.05, 4.69) is 73.9 Å². The number of aliphatic hydroxyl groups is 1. The van der Waals surface area contributed by atoms with Crippen molar-refractivity contribution in [3.63, 3.8) is 0 Å². The van der Waals surface area contributed by atoms with E-state index >= 15 is 0 Å². The van der Waals surface area contributed by atoms with E-state index < -0.39 is 6.23 Å². The summed E-state index contributed by atoms with van der Waals surface area (Å²) < 4.78 is 8.28. The third-order valence-electron chi connectivity index (χ3n) is 6.70. The number of halogens is 2. The fraction of sp³-hybridized carbons (Fsp3) is 0.348. The van der Waals surface area contributed by atoms with Gasteiger partial charge >= 0.3 is 0 Å². The minimum Gasteiger partial charge on any atom is -0.372 e. The minimum absolute atomic E-state index is 0.109. The number of thioether (sulfide) groups is 1. The molecule has 0 amide bonds. The number of fused-ring (bicyclic) bond motifs is 7. The molecule has 9 heteroatoms. The number of carbonyl (C=O) groups excluding carboxylic acids is 1. The van der Waals surface area contributed by atoms with Crippen molar-refractivity contribution in [3.8, 4) is 0 Å². The van der Waals surface area contributed by atoms with E-state index in [-0.39, 0.29) is 23.0 Å². The van der Waals surface area contributed by atoms with Crippen molar-refractivity contribution in [1.82, 2.24) is 9.13 Å². The van der Waals surface area contributed by atoms with Gasteiger partial charge in [-0.05, 0) is 68.8 Å². The second-order valence-electron chi connectivity index (χ2n) is 8.46. The highest BCUT2D eigenvalue weighted by Crippen LogP contribution is 2.49. The lowest BCUT2D eigenvalue weighted by atomic mass is 9.81. The monoisotopic (exact) mass is 610 g/mol. The smallest absolute Gasteiger partial charge is 0.245 e. The van der Waals surface area contributed by atoms with Crippen molar-refractivity contribution in [1.29, 1.82) is 0 Å². The first kappa shape index (κ1) is 21.7. The van der Waals surface area contributed by atoms with Crippen LogP contribution < -0.4 is 0 Å². The summed E-state index contributed by atoms with van der Waals surface area (Å²) in [4.78, 5) is 13.9. The van der Waals surface area contributed by atoms with Gasteiger partial charge in [-0.3, -0.25) is 9.36 Å². The molecular formula is C23H20Br2N2O2S3. The molecule has 0 bridgehead atoms. The molecule has 0 radical (unpaired) electrons. The van der Waals surface area contributed by atoms with E-state index in [0.717, 1.165) is 42.5 Å². The maximum absolute atomic E-state index is 13.9. The van der Waals surface area contributed by atoms with Gasteiger partial charge in [-0.15, -0.1) is 34.4 Å². The van der Waals surface area contributed by atoms with Crippen LogP contribution in [0.2, 0.25) is 0 Å². The number of nitrogens with zero attached hydrogens (tertiary/aromatic N) is 2. The Morgan fingerprint density at radius 1 is 1.12 bits per heavy atom. The first-order valence-corrected chi connectivity index (χ1v) is 14.9. The summed E-state index contributed by atoms with van der Waals surface area (Å²) in [5, 5.41) is 15.2. The summed E-state index contributed by atoms with van der Waals surface area (Å²) in [6, 6.07) is 4.39. The minimum atomic E-state index is -0.680. The molecule has 0 aliphatic carbocycles. The Bertz CT molecular complexity index is 1430. The van der Waals surface area contributed by atoms with E-state index in [1.54, 1.807) is 34.4 Å². The molecule has 4 unspecified atom stereocenters. The molecule has 4 nitrogen and oxygen atoms in total. The summed E-state index contributed by atoms with van der Waals surface area (Å²) in [7, 11) is 0. The summed E-state index contributed by atoms with van der Waals surface area (Å²) in [6.07, 6.45) is 2.37. The lowest BCUT2D eigenvalue weighted by molar-refractivity contribution is 0.0891. The summed E-state index contributed by atoms with van der Waals surface area (Å²) in [6.45, 7) is 4.30. The molecule has 0 fully saturated rings. The van der Waals surface area contributed by atoms with Crippen LogP contribution in [-0.2, 0) is 0 Å². The van der Waals surface area contributed by atoms with Crippen LogP contribution in [0.25, 0.3) is 26.0 Å². The molecule has 6 heterocycles. The van der Waals surface area contributed by atoms with Crippen LogP contribution in [0, 0.1) is 5.92 Å². The Morgan fingerprint density at radius 2 is 1.81 bits per heavy atom. The molecule has 1 N–H and O–H groups in total. The molecule has 2 aliphatic rings. The Kier molecular flexibility index (Phi) is 5.32. The van der Waals surface area contributed by atoms with E-state index in [4.69, 9.17) is 0 Å². The second kappa shape index (κ2) is 7.85. The van der Waals surface area contributed by atoms with Gasteiger partial charge in [-0.25, -0.2) is 0 Å². The van der Waals surface area contributed by atoms with Crippen molar-refractivity contribution in [3.05, 3.63) is 49.3 Å². The molecule has 2 aliphatic heterocycles. The lowest BCUT2D eigenvalue weighted by Crippen LogP contribution is -2.38. The average Bonchev–Trinajstić information content (AvgIpc) is 3.50. The van der Waals surface area contributed by atoms with Crippen molar-refractivity contribution in [2.45, 2.75) is 37.7 Å². The van der Waals surface area contributed by atoms with Crippen LogP contribution in [0.3, 0.4) is 0 Å². The Labute approximate surface area is 214 Å². The van der Waals surface area contributed by atoms with Crippen molar-refractivity contribution in [2.24, 2.45) is 5.92 Å². The lowest BCUT2D eigenvalue weighted by Gasteiger charge is -2.34. The van der Waals surface area contributed by atoms with Gasteiger partial charge < -0.3 is 9.67 Å². The third kappa shape index (κ3) is 2.98. The molecule has 0 aromatic carbocycles. The molecule has 0 saturated heterocycles. The van der Waals surface area contributed by atoms with E-state index in [1.165, 1.54) is 10.3 Å². The summed E-state index contributed by atoms with van der Waals surface area (Å²) in [5.41, 5.74) is 5.43. The number of rotatable bonds is 0. The number of thiophene rings is 2.